The first-order chi connectivity index (χ1) is 12.1. The highest BCUT2D eigenvalue weighted by Gasteiger charge is 2.42. The van der Waals surface area contributed by atoms with E-state index in [4.69, 9.17) is 4.74 Å². The van der Waals surface area contributed by atoms with E-state index >= 15 is 0 Å². The Balaban J connectivity index is 1.72. The Kier molecular flexibility index (Phi) is 4.13. The number of hydrogen-bond donors (Lipinski definition) is 1. The fourth-order valence-electron chi connectivity index (χ4n) is 4.55. The number of aromatic nitrogens is 1. The summed E-state index contributed by atoms with van der Waals surface area (Å²) in [5, 5.41) is 24.0. The zero-order valence-electron chi connectivity index (χ0n) is 14.5. The number of ether oxygens (including phenoxy) is 1. The van der Waals surface area contributed by atoms with Gasteiger partial charge in [-0.05, 0) is 43.4 Å². The van der Waals surface area contributed by atoms with Crippen molar-refractivity contribution in [1.82, 2.24) is 4.90 Å². The average molecular weight is 340 g/mol. The second kappa shape index (κ2) is 6.32. The molecule has 0 saturated carbocycles. The van der Waals surface area contributed by atoms with E-state index in [1.165, 1.54) is 12.6 Å². The Morgan fingerprint density at radius 3 is 2.96 bits per heavy atom. The minimum Gasteiger partial charge on any atom is -0.618 e. The molecule has 3 saturated heterocycles. The molecule has 2 unspecified atom stereocenters. The molecule has 1 aromatic carbocycles. The summed E-state index contributed by atoms with van der Waals surface area (Å²) in [6, 6.07) is 7.19. The Morgan fingerprint density at radius 2 is 2.28 bits per heavy atom. The van der Waals surface area contributed by atoms with E-state index in [1.54, 1.807) is 25.3 Å². The number of benzene rings is 1. The lowest BCUT2D eigenvalue weighted by Gasteiger charge is -2.50. The van der Waals surface area contributed by atoms with Crippen molar-refractivity contribution in [1.29, 1.82) is 0 Å². The molecule has 3 fully saturated rings. The Labute approximate surface area is 147 Å². The first-order valence-corrected chi connectivity index (χ1v) is 8.87. The maximum Gasteiger partial charge on any atom is 0.224 e. The monoisotopic (exact) mass is 340 g/mol. The molecule has 4 heterocycles. The van der Waals surface area contributed by atoms with Crippen molar-refractivity contribution in [2.45, 2.75) is 25.0 Å². The van der Waals surface area contributed by atoms with Crippen LogP contribution in [0.2, 0.25) is 0 Å². The van der Waals surface area contributed by atoms with Gasteiger partial charge in [-0.25, -0.2) is 0 Å². The molecule has 0 amide bonds. The van der Waals surface area contributed by atoms with Gasteiger partial charge in [0, 0.05) is 30.3 Å². The number of nitrogens with zero attached hydrogens (tertiary/aromatic N) is 2. The summed E-state index contributed by atoms with van der Waals surface area (Å²) in [6.07, 6.45) is 5.06. The van der Waals surface area contributed by atoms with E-state index in [9.17, 15) is 10.3 Å². The minimum absolute atomic E-state index is 0.0897. The molecule has 132 valence electrons. The van der Waals surface area contributed by atoms with E-state index in [0.717, 1.165) is 35.2 Å². The van der Waals surface area contributed by atoms with Crippen LogP contribution in [-0.4, -0.2) is 36.2 Å². The molecule has 25 heavy (non-hydrogen) atoms. The van der Waals surface area contributed by atoms with Crippen LogP contribution >= 0.6 is 0 Å². The maximum atomic E-state index is 12.1. The van der Waals surface area contributed by atoms with E-state index in [-0.39, 0.29) is 6.04 Å². The predicted molar refractivity (Wildman–Crippen MR) is 96.2 cm³/mol. The Bertz CT molecular complexity index is 807. The van der Waals surface area contributed by atoms with Crippen molar-refractivity contribution >= 4 is 10.9 Å². The van der Waals surface area contributed by atoms with Crippen molar-refractivity contribution in [2.75, 3.05) is 20.2 Å². The van der Waals surface area contributed by atoms with Crippen molar-refractivity contribution < 1.29 is 14.6 Å². The van der Waals surface area contributed by atoms with Crippen LogP contribution in [0, 0.1) is 17.0 Å². The van der Waals surface area contributed by atoms with Gasteiger partial charge in [0.1, 0.15) is 5.75 Å². The molecule has 5 rings (SSSR count). The second-order valence-corrected chi connectivity index (χ2v) is 7.17. The molecule has 0 aliphatic carbocycles. The van der Waals surface area contributed by atoms with Crippen molar-refractivity contribution in [2.24, 2.45) is 11.8 Å². The smallest absolute Gasteiger partial charge is 0.224 e. The van der Waals surface area contributed by atoms with Gasteiger partial charge in [-0.3, -0.25) is 4.90 Å². The van der Waals surface area contributed by atoms with Gasteiger partial charge in [-0.2, -0.15) is 4.73 Å². The lowest BCUT2D eigenvalue weighted by molar-refractivity contribution is -0.577. The van der Waals surface area contributed by atoms with Crippen LogP contribution in [0.4, 0.5) is 0 Å². The molecule has 0 radical (unpaired) electrons. The van der Waals surface area contributed by atoms with Gasteiger partial charge in [0.15, 0.2) is 6.20 Å². The van der Waals surface area contributed by atoms with E-state index in [2.05, 4.69) is 17.6 Å². The third-order valence-electron chi connectivity index (χ3n) is 5.98. The van der Waals surface area contributed by atoms with Crippen LogP contribution in [0.25, 0.3) is 10.9 Å². The number of piperidine rings is 3. The predicted octanol–water partition coefficient (Wildman–Crippen LogP) is 2.41. The molecule has 0 spiro atoms. The SMILES string of the molecule is C=C[C@H]1CN2CCC1C[C@@H]2[C@@H](O)c1cc[n+]([O-])c2ccc(OC)cc12. The summed E-state index contributed by atoms with van der Waals surface area (Å²) in [6.45, 7) is 5.94. The normalized spacial score (nSPS) is 29.5. The van der Waals surface area contributed by atoms with Crippen LogP contribution in [0.5, 0.6) is 5.75 Å². The average Bonchev–Trinajstić information content (AvgIpc) is 2.67. The fourth-order valence-corrected chi connectivity index (χ4v) is 4.55. The molecule has 3 aliphatic heterocycles. The fraction of sp³-hybridized carbons (Fsp3) is 0.450. The lowest BCUT2D eigenvalue weighted by atomic mass is 9.73. The first-order valence-electron chi connectivity index (χ1n) is 8.87. The quantitative estimate of drug-likeness (QED) is 0.527. The molecule has 1 N–H and O–H groups in total. The van der Waals surface area contributed by atoms with Crippen molar-refractivity contribution in [3.05, 3.63) is 53.9 Å². The van der Waals surface area contributed by atoms with Gasteiger partial charge >= 0.3 is 0 Å². The van der Waals surface area contributed by atoms with Crippen molar-refractivity contribution in [3.8, 4) is 5.75 Å². The molecule has 3 aliphatic rings. The number of rotatable bonds is 4. The zero-order chi connectivity index (χ0) is 17.6. The van der Waals surface area contributed by atoms with E-state index in [0.29, 0.717) is 23.1 Å². The minimum atomic E-state index is -0.621. The summed E-state index contributed by atoms with van der Waals surface area (Å²) >= 11 is 0. The van der Waals surface area contributed by atoms with Crippen LogP contribution in [0.1, 0.15) is 24.5 Å². The van der Waals surface area contributed by atoms with Gasteiger partial charge < -0.3 is 15.1 Å². The van der Waals surface area contributed by atoms with Crippen LogP contribution in [0.15, 0.2) is 43.1 Å². The van der Waals surface area contributed by atoms with Gasteiger partial charge in [0.25, 0.3) is 0 Å². The van der Waals surface area contributed by atoms with Crippen LogP contribution < -0.4 is 9.47 Å². The summed E-state index contributed by atoms with van der Waals surface area (Å²) in [7, 11) is 1.60. The summed E-state index contributed by atoms with van der Waals surface area (Å²) in [4.78, 5) is 2.38. The highest BCUT2D eigenvalue weighted by Crippen LogP contribution is 2.42. The van der Waals surface area contributed by atoms with Crippen LogP contribution in [-0.2, 0) is 0 Å². The summed E-state index contributed by atoms with van der Waals surface area (Å²) in [5.41, 5.74) is 1.35. The molecular weight excluding hydrogens is 316 g/mol. The Hall–Kier alpha value is -2.11. The molecule has 5 heteroatoms. The third kappa shape index (κ3) is 2.68. The number of aliphatic hydroxyl groups excluding tert-OH is 1. The number of pyridine rings is 1. The maximum absolute atomic E-state index is 12.1. The van der Waals surface area contributed by atoms with E-state index < -0.39 is 6.10 Å². The van der Waals surface area contributed by atoms with Gasteiger partial charge in [0.05, 0.1) is 18.6 Å². The van der Waals surface area contributed by atoms with Gasteiger partial charge in [0.2, 0.25) is 5.52 Å². The summed E-state index contributed by atoms with van der Waals surface area (Å²) in [5.74, 6) is 1.80. The third-order valence-corrected chi connectivity index (χ3v) is 5.98. The lowest BCUT2D eigenvalue weighted by Crippen LogP contribution is -2.54. The number of hydrogen-bond acceptors (Lipinski definition) is 4. The highest BCUT2D eigenvalue weighted by molar-refractivity contribution is 5.81. The molecule has 2 bridgehead atoms. The summed E-state index contributed by atoms with van der Waals surface area (Å²) < 4.78 is 6.15. The molecule has 5 nitrogen and oxygen atoms in total. The Morgan fingerprint density at radius 1 is 1.44 bits per heavy atom. The first kappa shape index (κ1) is 16.4. The van der Waals surface area contributed by atoms with Crippen molar-refractivity contribution in [3.63, 3.8) is 0 Å². The topological polar surface area (TPSA) is 59.6 Å². The second-order valence-electron chi connectivity index (χ2n) is 7.17. The largest absolute Gasteiger partial charge is 0.618 e. The van der Waals surface area contributed by atoms with Gasteiger partial charge in [-0.15, -0.1) is 6.58 Å². The zero-order valence-corrected chi connectivity index (χ0v) is 14.5. The van der Waals surface area contributed by atoms with Gasteiger partial charge in [-0.1, -0.05) is 6.08 Å². The number of fused-ring (bicyclic) bond motifs is 4. The molecule has 2 aromatic rings. The highest BCUT2D eigenvalue weighted by atomic mass is 16.5. The standard InChI is InChI=1S/C20H24N2O3/c1-3-13-12-21-8-6-14(13)10-19(21)20(23)16-7-9-22(24)18-5-4-15(25-2)11-17(16)18/h3-5,7,9,11,13-14,19-20,23H,1,6,8,10,12H2,2H3/t13-,14?,19+,20-/m0/s1. The van der Waals surface area contributed by atoms with Crippen LogP contribution in [0.3, 0.4) is 0 Å². The molecular formula is C20H24N2O3. The van der Waals surface area contributed by atoms with E-state index in [1.807, 2.05) is 6.07 Å². The molecule has 1 aromatic heterocycles. The molecule has 5 atom stereocenters. The number of methoxy groups -OCH3 is 1. The number of aliphatic hydroxyl groups is 1.